The number of anilines is 1. The van der Waals surface area contributed by atoms with Gasteiger partial charge in [-0.3, -0.25) is 4.79 Å². The molecule has 106 valence electrons. The summed E-state index contributed by atoms with van der Waals surface area (Å²) in [6.07, 6.45) is 6.05. The van der Waals surface area contributed by atoms with Gasteiger partial charge in [-0.05, 0) is 37.8 Å². The Kier molecular flexibility index (Phi) is 3.69. The van der Waals surface area contributed by atoms with E-state index < -0.39 is 0 Å². The second-order valence-electron chi connectivity index (χ2n) is 5.18. The first-order valence-corrected chi connectivity index (χ1v) is 7.10. The van der Waals surface area contributed by atoms with Gasteiger partial charge in [0.1, 0.15) is 12.6 Å². The molecule has 1 amide bonds. The number of nitrogens with one attached hydrogen (secondary N) is 1. The fourth-order valence-electron chi connectivity index (χ4n) is 2.70. The van der Waals surface area contributed by atoms with Gasteiger partial charge in [0.15, 0.2) is 0 Å². The van der Waals surface area contributed by atoms with E-state index in [-0.39, 0.29) is 12.5 Å². The molecule has 1 aromatic heterocycles. The number of imidazole rings is 1. The lowest BCUT2D eigenvalue weighted by Crippen LogP contribution is -2.21. The molecule has 5 heteroatoms. The van der Waals surface area contributed by atoms with Gasteiger partial charge in [0.05, 0.1) is 23.3 Å². The molecule has 1 heterocycles. The van der Waals surface area contributed by atoms with Gasteiger partial charge in [-0.2, -0.15) is 5.26 Å². The number of carbonyl (C=O) groups is 1. The van der Waals surface area contributed by atoms with Crippen molar-refractivity contribution in [2.24, 2.45) is 0 Å². The van der Waals surface area contributed by atoms with E-state index >= 15 is 0 Å². The molecule has 3 rings (SSSR count). The zero-order valence-electron chi connectivity index (χ0n) is 11.7. The first-order chi connectivity index (χ1) is 10.3. The Morgan fingerprint density at radius 1 is 1.33 bits per heavy atom. The molecule has 21 heavy (non-hydrogen) atoms. The van der Waals surface area contributed by atoms with E-state index in [9.17, 15) is 4.79 Å². The largest absolute Gasteiger partial charge is 0.325 e. The standard InChI is InChI=1S/C16H16N4O/c17-9-12-5-1-2-6-13(12)19-16(21)10-20-11-18-14-7-3-4-8-15(14)20/h1-2,5-6,11H,3-4,7-8,10H2,(H,19,21). The van der Waals surface area contributed by atoms with Crippen LogP contribution in [0, 0.1) is 11.3 Å². The predicted octanol–water partition coefficient (Wildman–Crippen LogP) is 2.27. The summed E-state index contributed by atoms with van der Waals surface area (Å²) in [5.74, 6) is -0.136. The lowest BCUT2D eigenvalue weighted by molar-refractivity contribution is -0.116. The number of nitrogens with zero attached hydrogens (tertiary/aromatic N) is 3. The Balaban J connectivity index is 1.72. The number of rotatable bonds is 3. The molecular formula is C16H16N4O. The van der Waals surface area contributed by atoms with Crippen LogP contribution in [0.15, 0.2) is 30.6 Å². The molecule has 0 radical (unpaired) electrons. The van der Waals surface area contributed by atoms with E-state index in [1.54, 1.807) is 30.6 Å². The number of amides is 1. The van der Waals surface area contributed by atoms with Crippen molar-refractivity contribution in [3.63, 3.8) is 0 Å². The van der Waals surface area contributed by atoms with Crippen LogP contribution in [-0.2, 0) is 24.2 Å². The Hall–Kier alpha value is -2.61. The van der Waals surface area contributed by atoms with Gasteiger partial charge >= 0.3 is 0 Å². The summed E-state index contributed by atoms with van der Waals surface area (Å²) in [4.78, 5) is 16.5. The number of fused-ring (bicyclic) bond motifs is 1. The predicted molar refractivity (Wildman–Crippen MR) is 78.7 cm³/mol. The van der Waals surface area contributed by atoms with E-state index in [4.69, 9.17) is 5.26 Å². The van der Waals surface area contributed by atoms with Crippen LogP contribution in [0.5, 0.6) is 0 Å². The van der Waals surface area contributed by atoms with Crippen molar-refractivity contribution in [2.75, 3.05) is 5.32 Å². The minimum absolute atomic E-state index is 0.136. The summed E-state index contributed by atoms with van der Waals surface area (Å²) in [5.41, 5.74) is 3.31. The zero-order valence-corrected chi connectivity index (χ0v) is 11.7. The Labute approximate surface area is 123 Å². The molecule has 0 aliphatic heterocycles. The van der Waals surface area contributed by atoms with E-state index in [1.807, 2.05) is 4.57 Å². The van der Waals surface area contributed by atoms with Crippen LogP contribution in [0.3, 0.4) is 0 Å². The second kappa shape index (κ2) is 5.80. The van der Waals surface area contributed by atoms with Crippen LogP contribution in [0.25, 0.3) is 0 Å². The first kappa shape index (κ1) is 13.4. The fourth-order valence-corrected chi connectivity index (χ4v) is 2.70. The molecule has 0 saturated carbocycles. The van der Waals surface area contributed by atoms with Crippen LogP contribution in [0.1, 0.15) is 29.8 Å². The van der Waals surface area contributed by atoms with Gasteiger partial charge in [-0.25, -0.2) is 4.98 Å². The van der Waals surface area contributed by atoms with Crippen molar-refractivity contribution >= 4 is 11.6 Å². The van der Waals surface area contributed by atoms with Gasteiger partial charge in [0.25, 0.3) is 0 Å². The summed E-state index contributed by atoms with van der Waals surface area (Å²) in [7, 11) is 0. The molecule has 0 atom stereocenters. The van der Waals surface area contributed by atoms with Crippen molar-refractivity contribution in [2.45, 2.75) is 32.2 Å². The maximum atomic E-state index is 12.2. The average molecular weight is 280 g/mol. The van der Waals surface area contributed by atoms with Gasteiger partial charge in [0.2, 0.25) is 5.91 Å². The van der Waals surface area contributed by atoms with E-state index in [0.29, 0.717) is 11.3 Å². The van der Waals surface area contributed by atoms with Crippen molar-refractivity contribution in [3.05, 3.63) is 47.5 Å². The normalized spacial score (nSPS) is 13.3. The summed E-state index contributed by atoms with van der Waals surface area (Å²) < 4.78 is 1.92. The van der Waals surface area contributed by atoms with Crippen LogP contribution in [0.2, 0.25) is 0 Å². The highest BCUT2D eigenvalue weighted by Crippen LogP contribution is 2.20. The molecule has 0 fully saturated rings. The maximum Gasteiger partial charge on any atom is 0.244 e. The molecule has 1 aliphatic carbocycles. The topological polar surface area (TPSA) is 70.7 Å². The van der Waals surface area contributed by atoms with E-state index in [2.05, 4.69) is 16.4 Å². The summed E-state index contributed by atoms with van der Waals surface area (Å²) in [6.45, 7) is 0.238. The number of hydrogen-bond acceptors (Lipinski definition) is 3. The SMILES string of the molecule is N#Cc1ccccc1NC(=O)Cn1cnc2c1CCCC2. The minimum Gasteiger partial charge on any atom is -0.325 e. The van der Waals surface area contributed by atoms with E-state index in [1.165, 1.54) is 12.1 Å². The summed E-state index contributed by atoms with van der Waals surface area (Å²) >= 11 is 0. The van der Waals surface area contributed by atoms with Gasteiger partial charge in [-0.1, -0.05) is 12.1 Å². The molecular weight excluding hydrogens is 264 g/mol. The first-order valence-electron chi connectivity index (χ1n) is 7.10. The Morgan fingerprint density at radius 2 is 2.14 bits per heavy atom. The number of nitriles is 1. The number of aryl methyl sites for hydroxylation is 1. The number of carbonyl (C=O) groups excluding carboxylic acids is 1. The number of benzene rings is 1. The van der Waals surface area contributed by atoms with Gasteiger partial charge in [-0.15, -0.1) is 0 Å². The highest BCUT2D eigenvalue weighted by molar-refractivity contribution is 5.92. The fraction of sp³-hybridized carbons (Fsp3) is 0.312. The van der Waals surface area contributed by atoms with Crippen LogP contribution < -0.4 is 5.32 Å². The molecule has 0 bridgehead atoms. The molecule has 2 aromatic rings. The third-order valence-electron chi connectivity index (χ3n) is 3.75. The van der Waals surface area contributed by atoms with Crippen LogP contribution >= 0.6 is 0 Å². The van der Waals surface area contributed by atoms with Gasteiger partial charge < -0.3 is 9.88 Å². The van der Waals surface area contributed by atoms with Gasteiger partial charge in [0, 0.05) is 5.69 Å². The highest BCUT2D eigenvalue weighted by Gasteiger charge is 2.16. The molecule has 0 unspecified atom stereocenters. The van der Waals surface area contributed by atoms with Crippen LogP contribution in [0.4, 0.5) is 5.69 Å². The summed E-state index contributed by atoms with van der Waals surface area (Å²) in [5, 5.41) is 11.8. The molecule has 5 nitrogen and oxygen atoms in total. The van der Waals surface area contributed by atoms with Crippen LogP contribution in [-0.4, -0.2) is 15.5 Å². The van der Waals surface area contributed by atoms with E-state index in [0.717, 1.165) is 25.0 Å². The third-order valence-corrected chi connectivity index (χ3v) is 3.75. The maximum absolute atomic E-state index is 12.2. The minimum atomic E-state index is -0.136. The monoisotopic (exact) mass is 280 g/mol. The second-order valence-corrected chi connectivity index (χ2v) is 5.18. The zero-order chi connectivity index (χ0) is 14.7. The summed E-state index contributed by atoms with van der Waals surface area (Å²) in [6, 6.07) is 9.08. The van der Waals surface area contributed by atoms with Crippen molar-refractivity contribution in [1.29, 1.82) is 5.26 Å². The molecule has 1 aliphatic rings. The Morgan fingerprint density at radius 3 is 3.00 bits per heavy atom. The van der Waals surface area contributed by atoms with Crippen molar-refractivity contribution in [3.8, 4) is 6.07 Å². The lowest BCUT2D eigenvalue weighted by atomic mass is 10.0. The third kappa shape index (κ3) is 2.79. The average Bonchev–Trinajstić information content (AvgIpc) is 2.91. The number of para-hydroxylation sites is 1. The smallest absolute Gasteiger partial charge is 0.244 e. The highest BCUT2D eigenvalue weighted by atomic mass is 16.1. The molecule has 1 aromatic carbocycles. The van der Waals surface area contributed by atoms with Crippen molar-refractivity contribution < 1.29 is 4.79 Å². The lowest BCUT2D eigenvalue weighted by Gasteiger charge is -2.14. The number of aromatic nitrogens is 2. The quantitative estimate of drug-likeness (QED) is 0.937. The number of hydrogen-bond donors (Lipinski definition) is 1. The molecule has 0 spiro atoms. The van der Waals surface area contributed by atoms with Crippen molar-refractivity contribution in [1.82, 2.24) is 9.55 Å². The molecule has 1 N–H and O–H groups in total. The Bertz CT molecular complexity index is 711. The molecule has 0 saturated heterocycles.